The van der Waals surface area contributed by atoms with Gasteiger partial charge in [-0.15, -0.1) is 0 Å². The Balaban J connectivity index is 2.48. The van der Waals surface area contributed by atoms with Crippen molar-refractivity contribution in [3.63, 3.8) is 0 Å². The summed E-state index contributed by atoms with van der Waals surface area (Å²) in [5.41, 5.74) is 0. The highest BCUT2D eigenvalue weighted by Crippen LogP contribution is 2.50. The molecular formula is C9H13F3S. The normalized spacial score (nSPS) is 29.1. The minimum Gasteiger partial charge on any atom is -0.186 e. The molecule has 0 radical (unpaired) electrons. The summed E-state index contributed by atoms with van der Waals surface area (Å²) >= 11 is 0. The lowest BCUT2D eigenvalue weighted by molar-refractivity contribution is -0.149. The van der Waals surface area contributed by atoms with Crippen LogP contribution in [0.15, 0.2) is 0 Å². The summed E-state index contributed by atoms with van der Waals surface area (Å²) in [6, 6.07) is 0. The van der Waals surface area contributed by atoms with Gasteiger partial charge < -0.3 is 0 Å². The van der Waals surface area contributed by atoms with Crippen LogP contribution in [0.25, 0.3) is 0 Å². The lowest BCUT2D eigenvalue weighted by Gasteiger charge is -2.14. The van der Waals surface area contributed by atoms with Crippen molar-refractivity contribution in [3.8, 4) is 11.2 Å². The van der Waals surface area contributed by atoms with Gasteiger partial charge in [-0.1, -0.05) is 11.2 Å². The zero-order chi connectivity index (χ0) is 10.3. The molecule has 0 aromatic carbocycles. The molecule has 0 N–H and O–H groups in total. The molecule has 4 heteroatoms. The van der Waals surface area contributed by atoms with Gasteiger partial charge in [0, 0.05) is 5.92 Å². The van der Waals surface area contributed by atoms with Crippen molar-refractivity contribution in [1.82, 2.24) is 0 Å². The Morgan fingerprint density at radius 1 is 1.23 bits per heavy atom. The molecule has 1 aliphatic rings. The van der Waals surface area contributed by atoms with Crippen molar-refractivity contribution >= 4 is 10.0 Å². The Kier molecular flexibility index (Phi) is 2.59. The lowest BCUT2D eigenvalue weighted by Crippen LogP contribution is -2.11. The second kappa shape index (κ2) is 3.13. The molecule has 0 amide bonds. The third-order valence-corrected chi connectivity index (χ3v) is 2.49. The number of rotatable bonds is 0. The highest BCUT2D eigenvalue weighted by molar-refractivity contribution is 8.35. The Hall–Kier alpha value is -0.300. The van der Waals surface area contributed by atoms with E-state index >= 15 is 0 Å². The second-order valence-electron chi connectivity index (χ2n) is 4.07. The van der Waals surface area contributed by atoms with E-state index in [0.29, 0.717) is 0 Å². The van der Waals surface area contributed by atoms with Gasteiger partial charge in [-0.2, -0.15) is 23.2 Å². The van der Waals surface area contributed by atoms with Crippen LogP contribution < -0.4 is 0 Å². The van der Waals surface area contributed by atoms with E-state index in [-0.39, 0.29) is 6.42 Å². The van der Waals surface area contributed by atoms with Crippen molar-refractivity contribution in [2.75, 3.05) is 18.8 Å². The molecular weight excluding hydrogens is 197 g/mol. The molecule has 13 heavy (non-hydrogen) atoms. The van der Waals surface area contributed by atoms with Crippen molar-refractivity contribution in [1.29, 1.82) is 0 Å². The Bertz CT molecular complexity index is 251. The number of alkyl halides is 3. The Labute approximate surface area is 78.2 Å². The molecule has 0 nitrogen and oxygen atoms in total. The van der Waals surface area contributed by atoms with E-state index in [1.807, 2.05) is 18.8 Å². The monoisotopic (exact) mass is 210 g/mol. The van der Waals surface area contributed by atoms with Crippen LogP contribution >= 0.6 is 10.0 Å². The third-order valence-electron chi connectivity index (χ3n) is 1.76. The van der Waals surface area contributed by atoms with E-state index in [2.05, 4.69) is 11.2 Å². The summed E-state index contributed by atoms with van der Waals surface area (Å²) in [7, 11) is -0.977. The van der Waals surface area contributed by atoms with Gasteiger partial charge in [0.2, 0.25) is 0 Å². The van der Waals surface area contributed by atoms with Crippen LogP contribution in [0.4, 0.5) is 13.2 Å². The summed E-state index contributed by atoms with van der Waals surface area (Å²) < 4.78 is 36.1. The molecule has 0 aromatic rings. The molecule has 1 aliphatic carbocycles. The van der Waals surface area contributed by atoms with Gasteiger partial charge in [-0.3, -0.25) is 0 Å². The summed E-state index contributed by atoms with van der Waals surface area (Å²) in [5, 5.41) is 2.92. The van der Waals surface area contributed by atoms with E-state index in [0.717, 1.165) is 0 Å². The zero-order valence-corrected chi connectivity index (χ0v) is 8.72. The first-order chi connectivity index (χ1) is 5.70. The molecule has 0 heterocycles. The SMILES string of the molecule is CS(C)(C)C#CC1CC1C(F)(F)F. The van der Waals surface area contributed by atoms with Crippen molar-refractivity contribution < 1.29 is 13.2 Å². The minimum absolute atomic E-state index is 0.200. The van der Waals surface area contributed by atoms with Crippen LogP contribution in [0.3, 0.4) is 0 Å². The van der Waals surface area contributed by atoms with E-state index in [1.54, 1.807) is 0 Å². The summed E-state index contributed by atoms with van der Waals surface area (Å²) in [6.07, 6.45) is 2.10. The van der Waals surface area contributed by atoms with Crippen LogP contribution in [0.1, 0.15) is 6.42 Å². The van der Waals surface area contributed by atoms with E-state index in [1.165, 1.54) is 0 Å². The van der Waals surface area contributed by atoms with Crippen LogP contribution in [0.2, 0.25) is 0 Å². The van der Waals surface area contributed by atoms with E-state index in [9.17, 15) is 13.2 Å². The second-order valence-corrected chi connectivity index (χ2v) is 7.95. The topological polar surface area (TPSA) is 0 Å². The minimum atomic E-state index is -4.04. The quantitative estimate of drug-likeness (QED) is 0.539. The fourth-order valence-electron chi connectivity index (χ4n) is 0.969. The smallest absolute Gasteiger partial charge is 0.186 e. The van der Waals surface area contributed by atoms with Gasteiger partial charge in [0.1, 0.15) is 0 Å². The first-order valence-corrected chi connectivity index (χ1v) is 6.83. The van der Waals surface area contributed by atoms with Gasteiger partial charge in [0.25, 0.3) is 0 Å². The van der Waals surface area contributed by atoms with Gasteiger partial charge in [0.05, 0.1) is 5.92 Å². The van der Waals surface area contributed by atoms with Crippen LogP contribution in [-0.4, -0.2) is 24.9 Å². The molecule has 1 fully saturated rings. The highest BCUT2D eigenvalue weighted by Gasteiger charge is 2.55. The Morgan fingerprint density at radius 2 is 1.77 bits per heavy atom. The molecule has 0 aromatic heterocycles. The van der Waals surface area contributed by atoms with Crippen molar-refractivity contribution in [3.05, 3.63) is 0 Å². The van der Waals surface area contributed by atoms with Crippen molar-refractivity contribution in [2.24, 2.45) is 11.8 Å². The summed E-state index contributed by atoms with van der Waals surface area (Å²) in [6.45, 7) is 0. The van der Waals surface area contributed by atoms with Gasteiger partial charge in [-0.05, 0) is 25.2 Å². The zero-order valence-electron chi connectivity index (χ0n) is 7.90. The predicted octanol–water partition coefficient (Wildman–Crippen LogP) is 2.84. The third kappa shape index (κ3) is 3.51. The predicted molar refractivity (Wildman–Crippen MR) is 50.8 cm³/mol. The molecule has 1 saturated carbocycles. The highest BCUT2D eigenvalue weighted by atomic mass is 32.3. The summed E-state index contributed by atoms with van der Waals surface area (Å²) in [4.78, 5) is 0. The van der Waals surface area contributed by atoms with Gasteiger partial charge >= 0.3 is 6.18 Å². The number of halogens is 3. The van der Waals surface area contributed by atoms with Gasteiger partial charge in [0.15, 0.2) is 0 Å². The van der Waals surface area contributed by atoms with Crippen LogP contribution in [0.5, 0.6) is 0 Å². The molecule has 0 spiro atoms. The molecule has 1 rings (SSSR count). The number of hydrogen-bond acceptors (Lipinski definition) is 0. The van der Waals surface area contributed by atoms with E-state index in [4.69, 9.17) is 0 Å². The first kappa shape index (κ1) is 10.8. The van der Waals surface area contributed by atoms with Crippen LogP contribution in [-0.2, 0) is 0 Å². The van der Waals surface area contributed by atoms with E-state index < -0.39 is 28.0 Å². The molecule has 76 valence electrons. The maximum atomic E-state index is 12.0. The molecule has 0 saturated heterocycles. The molecule has 0 aliphatic heterocycles. The van der Waals surface area contributed by atoms with Crippen molar-refractivity contribution in [2.45, 2.75) is 12.6 Å². The molecule has 2 unspecified atom stereocenters. The Morgan fingerprint density at radius 3 is 2.08 bits per heavy atom. The summed E-state index contributed by atoms with van der Waals surface area (Å²) in [5.74, 6) is 1.14. The maximum Gasteiger partial charge on any atom is 0.393 e. The molecule has 0 bridgehead atoms. The first-order valence-electron chi connectivity index (χ1n) is 3.97. The number of hydrogen-bond donors (Lipinski definition) is 0. The average molecular weight is 210 g/mol. The lowest BCUT2D eigenvalue weighted by atomic mass is 10.3. The standard InChI is InChI=1S/C9H13F3S/c1-13(2,3)5-4-7-6-8(7)9(10,11)12/h7-8H,6H2,1-3H3. The average Bonchev–Trinajstić information content (AvgIpc) is 2.57. The van der Waals surface area contributed by atoms with Crippen LogP contribution in [0, 0.1) is 23.0 Å². The maximum absolute atomic E-state index is 12.0. The fourth-order valence-corrected chi connectivity index (χ4v) is 1.47. The fraction of sp³-hybridized carbons (Fsp3) is 0.778. The molecule has 2 atom stereocenters. The van der Waals surface area contributed by atoms with Gasteiger partial charge in [-0.25, -0.2) is 0 Å². The largest absolute Gasteiger partial charge is 0.393 e.